The molecule has 4 heterocycles. The average Bonchev–Trinajstić information content (AvgIpc) is 3.53. The Morgan fingerprint density at radius 3 is 2.48 bits per heavy atom. The van der Waals surface area contributed by atoms with Gasteiger partial charge in [-0.2, -0.15) is 0 Å². The van der Waals surface area contributed by atoms with E-state index in [9.17, 15) is 41.2 Å². The molecule has 5 aliphatic rings. The van der Waals surface area contributed by atoms with Crippen molar-refractivity contribution in [2.24, 2.45) is 11.8 Å². The maximum absolute atomic E-state index is 14.7. The molecule has 0 radical (unpaired) electrons. The van der Waals surface area contributed by atoms with Gasteiger partial charge < -0.3 is 30.5 Å². The molecule has 15 nitrogen and oxygen atoms in total. The van der Waals surface area contributed by atoms with Crippen LogP contribution in [0.2, 0.25) is 0 Å². The number of rotatable bonds is 7. The van der Waals surface area contributed by atoms with Gasteiger partial charge in [0.2, 0.25) is 17.7 Å². The van der Waals surface area contributed by atoms with Gasteiger partial charge in [-0.25, -0.2) is 26.7 Å². The maximum Gasteiger partial charge on any atom is 0.410 e. The fourth-order valence-corrected chi connectivity index (χ4v) is 10.5. The van der Waals surface area contributed by atoms with Crippen LogP contribution in [0.1, 0.15) is 81.8 Å². The quantitative estimate of drug-likeness (QED) is 0.295. The summed E-state index contributed by atoms with van der Waals surface area (Å²) in [6, 6.07) is 8.54. The molecule has 0 unspecified atom stereocenters. The Morgan fingerprint density at radius 1 is 0.984 bits per heavy atom. The summed E-state index contributed by atoms with van der Waals surface area (Å²) in [4.78, 5) is 75.0. The van der Waals surface area contributed by atoms with E-state index in [1.54, 1.807) is 30.3 Å². The highest BCUT2D eigenvalue weighted by molar-refractivity contribution is 7.90. The third-order valence-corrected chi connectivity index (χ3v) is 14.3. The number of nitrogens with zero attached hydrogens (tertiary/aromatic N) is 3. The number of anilines is 1. The second kappa shape index (κ2) is 19.5. The number of carbonyl (C=O) groups is 5. The molecule has 62 heavy (non-hydrogen) atoms. The lowest BCUT2D eigenvalue weighted by atomic mass is 9.93. The first kappa shape index (κ1) is 44.9. The summed E-state index contributed by atoms with van der Waals surface area (Å²) in [6.07, 6.45) is 5.08. The number of para-hydroxylation sites is 1. The zero-order chi connectivity index (χ0) is 44.0. The second-order valence-electron chi connectivity index (χ2n) is 17.2. The highest BCUT2D eigenvalue weighted by Crippen LogP contribution is 2.45. The van der Waals surface area contributed by atoms with Crippen LogP contribution in [-0.4, -0.2) is 116 Å². The lowest BCUT2D eigenvalue weighted by molar-refractivity contribution is -0.142. The predicted molar refractivity (Wildman–Crippen MR) is 225 cm³/mol. The van der Waals surface area contributed by atoms with Crippen LogP contribution in [0.3, 0.4) is 0 Å². The predicted octanol–water partition coefficient (Wildman–Crippen LogP) is 4.14. The molecule has 5 atom stereocenters. The number of fused-ring (bicyclic) bond motifs is 3. The Kier molecular flexibility index (Phi) is 14.2. The Bertz CT molecular complexity index is 2140. The van der Waals surface area contributed by atoms with Crippen molar-refractivity contribution in [2.75, 3.05) is 44.7 Å². The zero-order valence-electron chi connectivity index (χ0n) is 34.9. The summed E-state index contributed by atoms with van der Waals surface area (Å²) in [6.45, 7) is 5.40. The van der Waals surface area contributed by atoms with Crippen molar-refractivity contribution in [3.63, 3.8) is 0 Å². The number of benzene rings is 2. The number of hydrogen-bond donors (Lipinski definition) is 4. The number of ether oxygens (including phenoxy) is 1. The van der Waals surface area contributed by atoms with Gasteiger partial charge in [0.25, 0.3) is 15.9 Å². The summed E-state index contributed by atoms with van der Waals surface area (Å²) in [5.74, 6) is -3.65. The first-order valence-electron chi connectivity index (χ1n) is 21.8. The normalized spacial score (nSPS) is 27.5. The van der Waals surface area contributed by atoms with Gasteiger partial charge in [-0.15, -0.1) is 6.58 Å². The van der Waals surface area contributed by atoms with Crippen LogP contribution >= 0.6 is 0 Å². The van der Waals surface area contributed by atoms with Gasteiger partial charge >= 0.3 is 6.09 Å². The number of sulfonamides is 1. The minimum atomic E-state index is -4.43. The molecular weight excluding hydrogens is 825 g/mol. The monoisotopic (exact) mass is 881 g/mol. The van der Waals surface area contributed by atoms with Crippen molar-refractivity contribution in [1.82, 2.24) is 30.1 Å². The smallest absolute Gasteiger partial charge is 0.410 e. The second-order valence-corrected chi connectivity index (χ2v) is 18.9. The van der Waals surface area contributed by atoms with Crippen molar-refractivity contribution in [2.45, 2.75) is 112 Å². The lowest BCUT2D eigenvalue weighted by Gasteiger charge is -2.32. The molecule has 0 bridgehead atoms. The number of amides is 5. The first-order chi connectivity index (χ1) is 29.8. The highest BCUT2D eigenvalue weighted by Gasteiger charge is 2.61. The Labute approximate surface area is 361 Å². The van der Waals surface area contributed by atoms with E-state index >= 15 is 0 Å². The summed E-state index contributed by atoms with van der Waals surface area (Å²) in [5.41, 5.74) is -0.373. The molecule has 1 saturated carbocycles. The third kappa shape index (κ3) is 10.2. The Morgan fingerprint density at radius 2 is 1.74 bits per heavy atom. The minimum absolute atomic E-state index is 0.0207. The topological polar surface area (TPSA) is 187 Å². The zero-order valence-corrected chi connectivity index (χ0v) is 35.7. The average molecular weight is 882 g/mol. The number of halogens is 2. The van der Waals surface area contributed by atoms with Gasteiger partial charge in [-0.3, -0.25) is 24.1 Å². The first-order valence-corrected chi connectivity index (χ1v) is 23.2. The largest absolute Gasteiger partial charge is 0.444 e. The molecule has 0 aromatic heterocycles. The fraction of sp³-hybridized carbons (Fsp3) is 0.568. The number of carbonyl (C=O) groups excluding carboxylic acids is 5. The Hall–Kier alpha value is -5.10. The van der Waals surface area contributed by atoms with E-state index < -0.39 is 76.0 Å². The van der Waals surface area contributed by atoms with Gasteiger partial charge in [0.15, 0.2) is 0 Å². The lowest BCUT2D eigenvalue weighted by Crippen LogP contribution is -2.58. The minimum Gasteiger partial charge on any atom is -0.444 e. The summed E-state index contributed by atoms with van der Waals surface area (Å²) < 4.78 is 63.1. The van der Waals surface area contributed by atoms with E-state index in [0.29, 0.717) is 68.7 Å². The van der Waals surface area contributed by atoms with Crippen molar-refractivity contribution >= 4 is 45.4 Å². The number of likely N-dealkylation sites (tertiary alicyclic amines) is 1. The van der Waals surface area contributed by atoms with Crippen LogP contribution < -0.4 is 20.7 Å². The molecule has 336 valence electrons. The molecule has 2 aromatic carbocycles. The molecule has 3 fully saturated rings. The van der Waals surface area contributed by atoms with E-state index in [4.69, 9.17) is 4.74 Å². The maximum atomic E-state index is 14.7. The molecule has 18 heteroatoms. The van der Waals surface area contributed by atoms with E-state index in [1.807, 2.05) is 4.90 Å². The molecular formula is C44H57F2N7O8S. The Balaban J connectivity index is 1.14. The van der Waals surface area contributed by atoms with Crippen molar-refractivity contribution in [3.05, 3.63) is 72.1 Å². The van der Waals surface area contributed by atoms with E-state index in [2.05, 4.69) is 27.3 Å². The van der Waals surface area contributed by atoms with Crippen molar-refractivity contribution in [3.8, 4) is 0 Å². The SMILES string of the molecule is C=C[C@@H]1C[C@@]12NC(=O)[C@@H]1C[C@@H](OC(=O)N3Cc4cccc(F)c4C3)CN1C(=O)[C@@H](NC(=O)CC1CCN(CCF)CC1)CCCCCCCNc1ccccc1S(=O)(=O)NC2=O. The van der Waals surface area contributed by atoms with Gasteiger partial charge in [0, 0.05) is 44.0 Å². The van der Waals surface area contributed by atoms with Crippen molar-refractivity contribution in [1.29, 1.82) is 0 Å². The van der Waals surface area contributed by atoms with E-state index in [-0.39, 0.29) is 62.0 Å². The summed E-state index contributed by atoms with van der Waals surface area (Å²) in [5, 5.41) is 8.90. The van der Waals surface area contributed by atoms with Gasteiger partial charge in [0.05, 0.1) is 18.8 Å². The standard InChI is InChI=1S/C44H57F2N7O8S/c1-2-31-25-44(31)42(57)50-62(59,60)38-15-8-7-13-35(38)47-19-9-5-3-4-6-14-36(48-39(54)23-29-16-20-51(21-17-29)22-18-45)41(56)53-27-32(24-37(53)40(55)49-44)61-43(58)52-26-30-11-10-12-34(46)33(30)28-52/h2,7-8,10-13,15,29,31-32,36-37,47H,1,3-6,9,14,16-28H2,(H,48,54)(H,49,55)(H,50,57)/t31-,32-,36+,37+,44-/m1/s1. The summed E-state index contributed by atoms with van der Waals surface area (Å²) in [7, 11) is -4.43. The molecule has 1 aliphatic carbocycles. The van der Waals surface area contributed by atoms with Crippen LogP contribution in [0.4, 0.5) is 19.3 Å². The van der Waals surface area contributed by atoms with Gasteiger partial charge in [0.1, 0.15) is 41.1 Å². The molecule has 1 spiro atoms. The third-order valence-electron chi connectivity index (χ3n) is 13.0. The molecule has 7 rings (SSSR count). The van der Waals surface area contributed by atoms with Gasteiger partial charge in [-0.05, 0) is 74.9 Å². The van der Waals surface area contributed by atoms with Crippen LogP contribution in [0.25, 0.3) is 0 Å². The van der Waals surface area contributed by atoms with E-state index in [1.165, 1.54) is 28.0 Å². The van der Waals surface area contributed by atoms with Crippen LogP contribution in [0.5, 0.6) is 0 Å². The number of nitrogens with one attached hydrogen (secondary N) is 4. The molecule has 5 amide bonds. The molecule has 2 aromatic rings. The summed E-state index contributed by atoms with van der Waals surface area (Å²) >= 11 is 0. The molecule has 4 N–H and O–H groups in total. The fourth-order valence-electron chi connectivity index (χ4n) is 9.29. The van der Waals surface area contributed by atoms with Crippen LogP contribution in [0, 0.1) is 17.7 Å². The van der Waals surface area contributed by atoms with Gasteiger partial charge in [-0.1, -0.05) is 56.0 Å². The number of hydrogen-bond acceptors (Lipinski definition) is 10. The highest BCUT2D eigenvalue weighted by atomic mass is 32.2. The molecule has 4 aliphatic heterocycles. The van der Waals surface area contributed by atoms with Crippen LogP contribution in [0.15, 0.2) is 60.0 Å². The van der Waals surface area contributed by atoms with Crippen LogP contribution in [-0.2, 0) is 47.0 Å². The number of piperidine rings is 1. The molecule has 2 saturated heterocycles. The number of alkyl halides is 1. The van der Waals surface area contributed by atoms with Crippen molar-refractivity contribution < 1.29 is 45.9 Å². The van der Waals surface area contributed by atoms with E-state index in [0.717, 1.165) is 19.3 Å².